The lowest BCUT2D eigenvalue weighted by atomic mass is 9.88. The van der Waals surface area contributed by atoms with Crippen molar-refractivity contribution in [1.82, 2.24) is 9.80 Å². The molecule has 7 heteroatoms. The molecule has 2 amide bonds. The average Bonchev–Trinajstić information content (AvgIpc) is 2.33. The molecule has 2 N–H and O–H groups in total. The van der Waals surface area contributed by atoms with Crippen LogP contribution in [-0.2, 0) is 9.47 Å². The molecule has 0 bridgehead atoms. The van der Waals surface area contributed by atoms with Crippen LogP contribution in [-0.4, -0.2) is 65.7 Å². The van der Waals surface area contributed by atoms with Gasteiger partial charge in [-0.1, -0.05) is 13.8 Å². The molecule has 2 unspecified atom stereocenters. The van der Waals surface area contributed by atoms with Crippen molar-refractivity contribution in [3.05, 3.63) is 0 Å². The Kier molecular flexibility index (Phi) is 4.92. The van der Waals surface area contributed by atoms with Gasteiger partial charge in [0, 0.05) is 19.1 Å². The van der Waals surface area contributed by atoms with Gasteiger partial charge in [-0.25, -0.2) is 4.79 Å². The van der Waals surface area contributed by atoms with Crippen molar-refractivity contribution in [2.24, 2.45) is 5.41 Å². The predicted molar refractivity (Wildman–Crippen MR) is 63.2 cm³/mol. The number of carbonyl (C=O) groups excluding carboxylic acids is 1. The maximum absolute atomic E-state index is 12.0. The second kappa shape index (κ2) is 5.83. The first-order chi connectivity index (χ1) is 8.37. The Labute approximate surface area is 107 Å². The molecule has 7 nitrogen and oxygen atoms in total. The van der Waals surface area contributed by atoms with Gasteiger partial charge in [-0.3, -0.25) is 4.90 Å². The van der Waals surface area contributed by atoms with E-state index in [0.29, 0.717) is 6.54 Å². The van der Waals surface area contributed by atoms with E-state index in [1.807, 2.05) is 13.8 Å². The number of hydrogen-bond donors (Lipinski definition) is 2. The molecule has 1 saturated heterocycles. The number of aliphatic hydroxyl groups is 2. The number of aliphatic hydroxyl groups excluding tert-OH is 2. The molecular formula is C11H22N2O5. The summed E-state index contributed by atoms with van der Waals surface area (Å²) in [6.07, 6.45) is -1.09. The highest BCUT2D eigenvalue weighted by atomic mass is 16.7. The Morgan fingerprint density at radius 3 is 2.50 bits per heavy atom. The van der Waals surface area contributed by atoms with Crippen molar-refractivity contribution >= 4 is 6.03 Å². The third-order valence-electron chi connectivity index (χ3n) is 3.04. The lowest BCUT2D eigenvalue weighted by Gasteiger charge is -2.49. The minimum atomic E-state index is -0.604. The summed E-state index contributed by atoms with van der Waals surface area (Å²) in [4.78, 5) is 14.4. The van der Waals surface area contributed by atoms with Crippen LogP contribution in [0.5, 0.6) is 0 Å². The number of nitrogens with zero attached hydrogens (tertiary/aromatic N) is 2. The molecule has 0 aromatic heterocycles. The standard InChI is InChI=1S/C11H22N2O5/c1-8(17-4)18-9-11(2,3)5-12(6-14)10(16)13(9)7-15/h8-9,14-15H,5-7H2,1-4H3. The van der Waals surface area contributed by atoms with Crippen LogP contribution < -0.4 is 0 Å². The second-order valence-corrected chi connectivity index (χ2v) is 5.01. The first-order valence-electron chi connectivity index (χ1n) is 5.83. The highest BCUT2D eigenvalue weighted by Crippen LogP contribution is 2.33. The maximum atomic E-state index is 12.0. The normalized spacial score (nSPS) is 25.4. The Morgan fingerprint density at radius 2 is 2.06 bits per heavy atom. The molecule has 0 aliphatic carbocycles. The molecule has 2 atom stereocenters. The minimum Gasteiger partial charge on any atom is -0.376 e. The van der Waals surface area contributed by atoms with Gasteiger partial charge in [-0.15, -0.1) is 0 Å². The fraction of sp³-hybridized carbons (Fsp3) is 0.909. The maximum Gasteiger partial charge on any atom is 0.325 e. The van der Waals surface area contributed by atoms with Gasteiger partial charge in [0.15, 0.2) is 6.29 Å². The summed E-state index contributed by atoms with van der Waals surface area (Å²) >= 11 is 0. The molecule has 1 rings (SSSR count). The zero-order valence-corrected chi connectivity index (χ0v) is 11.3. The van der Waals surface area contributed by atoms with E-state index in [0.717, 1.165) is 0 Å². The Bertz CT molecular complexity index is 297. The van der Waals surface area contributed by atoms with E-state index in [1.54, 1.807) is 6.92 Å². The van der Waals surface area contributed by atoms with E-state index in [2.05, 4.69) is 0 Å². The number of amides is 2. The molecule has 1 aliphatic heterocycles. The van der Waals surface area contributed by atoms with Gasteiger partial charge < -0.3 is 24.6 Å². The average molecular weight is 262 g/mol. The summed E-state index contributed by atoms with van der Waals surface area (Å²) in [5.41, 5.74) is -0.438. The topological polar surface area (TPSA) is 82.5 Å². The molecule has 18 heavy (non-hydrogen) atoms. The summed E-state index contributed by atoms with van der Waals surface area (Å²) in [6, 6.07) is -0.451. The van der Waals surface area contributed by atoms with E-state index in [4.69, 9.17) is 14.6 Å². The summed E-state index contributed by atoms with van der Waals surface area (Å²) in [6.45, 7) is 5.01. The van der Waals surface area contributed by atoms with Gasteiger partial charge in [0.25, 0.3) is 0 Å². The smallest absolute Gasteiger partial charge is 0.325 e. The van der Waals surface area contributed by atoms with Crippen molar-refractivity contribution in [2.45, 2.75) is 33.3 Å². The summed E-state index contributed by atoms with van der Waals surface area (Å²) in [7, 11) is 1.51. The fourth-order valence-electron chi connectivity index (χ4n) is 2.08. The van der Waals surface area contributed by atoms with Crippen LogP contribution in [0, 0.1) is 5.41 Å². The number of ether oxygens (including phenoxy) is 2. The SMILES string of the molecule is COC(C)OC1N(CO)C(=O)N(CO)CC1(C)C. The molecule has 1 heterocycles. The molecule has 0 saturated carbocycles. The minimum absolute atomic E-state index is 0.347. The zero-order valence-electron chi connectivity index (χ0n) is 11.3. The number of rotatable bonds is 5. The zero-order chi connectivity index (χ0) is 13.9. The van der Waals surface area contributed by atoms with Crippen LogP contribution in [0.4, 0.5) is 4.79 Å². The largest absolute Gasteiger partial charge is 0.376 e. The quantitative estimate of drug-likeness (QED) is 0.681. The van der Waals surface area contributed by atoms with Crippen LogP contribution in [0.2, 0.25) is 0 Å². The van der Waals surface area contributed by atoms with Crippen molar-refractivity contribution in [1.29, 1.82) is 0 Å². The second-order valence-electron chi connectivity index (χ2n) is 5.01. The molecule has 1 aliphatic rings. The highest BCUT2D eigenvalue weighted by Gasteiger charge is 2.46. The summed E-state index contributed by atoms with van der Waals surface area (Å²) in [5, 5.41) is 18.5. The van der Waals surface area contributed by atoms with Gasteiger partial charge in [0.2, 0.25) is 0 Å². The van der Waals surface area contributed by atoms with Crippen molar-refractivity contribution in [2.75, 3.05) is 27.1 Å². The number of hydrogen-bond acceptors (Lipinski definition) is 5. The Hall–Kier alpha value is -0.890. The van der Waals surface area contributed by atoms with Crippen LogP contribution in [0.15, 0.2) is 0 Å². The molecule has 0 aromatic carbocycles. The first kappa shape index (κ1) is 15.2. The van der Waals surface area contributed by atoms with Crippen LogP contribution >= 0.6 is 0 Å². The van der Waals surface area contributed by atoms with Crippen molar-refractivity contribution < 1.29 is 24.5 Å². The summed E-state index contributed by atoms with van der Waals surface area (Å²) < 4.78 is 10.7. The molecular weight excluding hydrogens is 240 g/mol. The number of methoxy groups -OCH3 is 1. The van der Waals surface area contributed by atoms with Gasteiger partial charge in [-0.2, -0.15) is 0 Å². The third kappa shape index (κ3) is 2.92. The van der Waals surface area contributed by atoms with E-state index in [-0.39, 0.29) is 6.73 Å². The van der Waals surface area contributed by atoms with Gasteiger partial charge in [-0.05, 0) is 6.92 Å². The molecule has 0 radical (unpaired) electrons. The van der Waals surface area contributed by atoms with Crippen LogP contribution in [0.3, 0.4) is 0 Å². The lowest BCUT2D eigenvalue weighted by Crippen LogP contribution is -2.64. The van der Waals surface area contributed by atoms with Crippen LogP contribution in [0.1, 0.15) is 20.8 Å². The lowest BCUT2D eigenvalue weighted by molar-refractivity contribution is -0.233. The molecule has 0 aromatic rings. The Morgan fingerprint density at radius 1 is 1.44 bits per heavy atom. The van der Waals surface area contributed by atoms with E-state index in [1.165, 1.54) is 16.9 Å². The van der Waals surface area contributed by atoms with Crippen LogP contribution in [0.25, 0.3) is 0 Å². The Balaban J connectivity index is 2.93. The van der Waals surface area contributed by atoms with E-state index >= 15 is 0 Å². The molecule has 106 valence electrons. The predicted octanol–water partition coefficient (Wildman–Crippen LogP) is -0.0151. The number of urea groups is 1. The van der Waals surface area contributed by atoms with Crippen molar-refractivity contribution in [3.8, 4) is 0 Å². The monoisotopic (exact) mass is 262 g/mol. The fourth-order valence-corrected chi connectivity index (χ4v) is 2.08. The number of carbonyl (C=O) groups is 1. The van der Waals surface area contributed by atoms with E-state index < -0.39 is 30.7 Å². The first-order valence-corrected chi connectivity index (χ1v) is 5.83. The molecule has 1 fully saturated rings. The highest BCUT2D eigenvalue weighted by molar-refractivity contribution is 5.75. The van der Waals surface area contributed by atoms with Gasteiger partial charge in [0.05, 0.1) is 0 Å². The third-order valence-corrected chi connectivity index (χ3v) is 3.04. The van der Waals surface area contributed by atoms with Gasteiger partial charge >= 0.3 is 6.03 Å². The van der Waals surface area contributed by atoms with Crippen molar-refractivity contribution in [3.63, 3.8) is 0 Å². The molecule has 0 spiro atoms. The van der Waals surface area contributed by atoms with Gasteiger partial charge in [0.1, 0.15) is 19.7 Å². The summed E-state index contributed by atoms with van der Waals surface area (Å²) in [5.74, 6) is 0. The van der Waals surface area contributed by atoms with E-state index in [9.17, 15) is 9.90 Å².